The summed E-state index contributed by atoms with van der Waals surface area (Å²) in [7, 11) is 3.12. The van der Waals surface area contributed by atoms with Crippen molar-refractivity contribution >= 4 is 22.7 Å². The van der Waals surface area contributed by atoms with E-state index in [9.17, 15) is 14.5 Å². The van der Waals surface area contributed by atoms with Crippen LogP contribution in [-0.4, -0.2) is 19.1 Å². The third-order valence-electron chi connectivity index (χ3n) is 2.87. The molecule has 110 valence electrons. The highest BCUT2D eigenvalue weighted by Gasteiger charge is 2.11. The number of hydrogen-bond donors (Lipinski definition) is 2. The number of hydrogen-bond acceptors (Lipinski definition) is 5. The molecule has 0 unspecified atom stereocenters. The van der Waals surface area contributed by atoms with Gasteiger partial charge in [-0.05, 0) is 18.2 Å². The van der Waals surface area contributed by atoms with Gasteiger partial charge in [0.1, 0.15) is 11.6 Å². The van der Waals surface area contributed by atoms with Crippen LogP contribution in [0.1, 0.15) is 0 Å². The molecule has 7 heteroatoms. The van der Waals surface area contributed by atoms with Crippen molar-refractivity contribution in [3.8, 4) is 5.75 Å². The number of rotatable bonds is 5. The van der Waals surface area contributed by atoms with E-state index in [1.54, 1.807) is 13.1 Å². The van der Waals surface area contributed by atoms with E-state index in [2.05, 4.69) is 10.6 Å². The summed E-state index contributed by atoms with van der Waals surface area (Å²) in [6.45, 7) is 0. The largest absolute Gasteiger partial charge is 0.497 e. The minimum absolute atomic E-state index is 0.0901. The van der Waals surface area contributed by atoms with Gasteiger partial charge in [-0.3, -0.25) is 10.1 Å². The molecule has 0 aliphatic heterocycles. The molecule has 0 radical (unpaired) electrons. The van der Waals surface area contributed by atoms with E-state index in [0.717, 1.165) is 0 Å². The molecule has 0 spiro atoms. The van der Waals surface area contributed by atoms with Crippen LogP contribution in [0, 0.1) is 15.9 Å². The number of non-ortho nitro benzene ring substituents is 1. The first-order valence-corrected chi connectivity index (χ1v) is 6.11. The SMILES string of the molecule is CNc1cc(Nc2cc(OC)ccc2F)cc([N+](=O)[O-])c1. The number of nitro benzene ring substituents is 1. The number of benzene rings is 2. The Morgan fingerprint density at radius 3 is 2.52 bits per heavy atom. The molecule has 0 amide bonds. The number of anilines is 3. The van der Waals surface area contributed by atoms with Crippen molar-refractivity contribution in [1.82, 2.24) is 0 Å². The molecule has 0 aromatic heterocycles. The van der Waals surface area contributed by atoms with E-state index in [4.69, 9.17) is 4.74 Å². The average molecular weight is 291 g/mol. The Balaban J connectivity index is 2.39. The first kappa shape index (κ1) is 14.6. The maximum atomic E-state index is 13.8. The Morgan fingerprint density at radius 1 is 1.19 bits per heavy atom. The molecule has 2 aromatic carbocycles. The molecule has 0 heterocycles. The van der Waals surface area contributed by atoms with Crippen LogP contribution in [-0.2, 0) is 0 Å². The molecule has 2 rings (SSSR count). The summed E-state index contributed by atoms with van der Waals surface area (Å²) in [6, 6.07) is 8.61. The van der Waals surface area contributed by atoms with Gasteiger partial charge in [0.15, 0.2) is 0 Å². The summed E-state index contributed by atoms with van der Waals surface area (Å²) in [4.78, 5) is 10.4. The van der Waals surface area contributed by atoms with E-state index in [1.165, 1.54) is 37.4 Å². The molecular weight excluding hydrogens is 277 g/mol. The second-order valence-corrected chi connectivity index (χ2v) is 4.25. The van der Waals surface area contributed by atoms with E-state index in [-0.39, 0.29) is 11.4 Å². The lowest BCUT2D eigenvalue weighted by Gasteiger charge is -2.11. The van der Waals surface area contributed by atoms with Crippen LogP contribution in [0.5, 0.6) is 5.75 Å². The fourth-order valence-electron chi connectivity index (χ4n) is 1.82. The Hall–Kier alpha value is -2.83. The first-order chi connectivity index (χ1) is 10.0. The highest BCUT2D eigenvalue weighted by Crippen LogP contribution is 2.29. The van der Waals surface area contributed by atoms with Gasteiger partial charge in [-0.25, -0.2) is 4.39 Å². The third kappa shape index (κ3) is 3.38. The predicted octanol–water partition coefficient (Wildman–Crippen LogP) is 3.53. The molecule has 0 aliphatic carbocycles. The van der Waals surface area contributed by atoms with Gasteiger partial charge in [0.05, 0.1) is 17.7 Å². The summed E-state index contributed by atoms with van der Waals surface area (Å²) < 4.78 is 18.8. The molecule has 2 aromatic rings. The molecule has 0 saturated heterocycles. The lowest BCUT2D eigenvalue weighted by Crippen LogP contribution is -1.98. The number of nitro groups is 1. The summed E-state index contributed by atoms with van der Waals surface area (Å²) in [5, 5.41) is 16.5. The number of nitrogens with zero attached hydrogens (tertiary/aromatic N) is 1. The molecule has 6 nitrogen and oxygen atoms in total. The molecule has 0 atom stereocenters. The normalized spacial score (nSPS) is 10.0. The highest BCUT2D eigenvalue weighted by molar-refractivity contribution is 5.69. The molecule has 0 aliphatic rings. The smallest absolute Gasteiger partial charge is 0.273 e. The standard InChI is InChI=1S/C14H14FN3O3/c1-16-9-5-10(7-11(6-9)18(19)20)17-14-8-12(21-2)3-4-13(14)15/h3-8,16-17H,1-2H3. The van der Waals surface area contributed by atoms with E-state index in [0.29, 0.717) is 17.1 Å². The van der Waals surface area contributed by atoms with Gasteiger partial charge in [-0.1, -0.05) is 0 Å². The van der Waals surface area contributed by atoms with E-state index >= 15 is 0 Å². The lowest BCUT2D eigenvalue weighted by atomic mass is 10.2. The molecule has 21 heavy (non-hydrogen) atoms. The quantitative estimate of drug-likeness (QED) is 0.651. The van der Waals surface area contributed by atoms with Gasteiger partial charge in [0.2, 0.25) is 0 Å². The molecule has 0 saturated carbocycles. The summed E-state index contributed by atoms with van der Waals surface area (Å²) in [5.41, 5.74) is 1.04. The van der Waals surface area contributed by atoms with Crippen molar-refractivity contribution < 1.29 is 14.1 Å². The maximum Gasteiger partial charge on any atom is 0.273 e. The van der Waals surface area contributed by atoms with Crippen LogP contribution in [0.4, 0.5) is 27.1 Å². The van der Waals surface area contributed by atoms with Gasteiger partial charge in [-0.2, -0.15) is 0 Å². The maximum absolute atomic E-state index is 13.8. The first-order valence-electron chi connectivity index (χ1n) is 6.11. The average Bonchev–Trinajstić information content (AvgIpc) is 2.49. The van der Waals surface area contributed by atoms with Crippen LogP contribution in [0.2, 0.25) is 0 Å². The zero-order chi connectivity index (χ0) is 15.4. The number of halogens is 1. The van der Waals surface area contributed by atoms with Crippen LogP contribution < -0.4 is 15.4 Å². The van der Waals surface area contributed by atoms with Gasteiger partial charge in [0.25, 0.3) is 5.69 Å². The fraction of sp³-hybridized carbons (Fsp3) is 0.143. The van der Waals surface area contributed by atoms with Gasteiger partial charge in [0, 0.05) is 36.6 Å². The Kier molecular flexibility index (Phi) is 4.22. The van der Waals surface area contributed by atoms with Crippen molar-refractivity contribution in [2.45, 2.75) is 0 Å². The minimum atomic E-state index is -0.506. The lowest BCUT2D eigenvalue weighted by molar-refractivity contribution is -0.384. The monoisotopic (exact) mass is 291 g/mol. The van der Waals surface area contributed by atoms with E-state index < -0.39 is 10.7 Å². The zero-order valence-electron chi connectivity index (χ0n) is 11.5. The van der Waals surface area contributed by atoms with Crippen LogP contribution >= 0.6 is 0 Å². The number of ether oxygens (including phenoxy) is 1. The summed E-state index contributed by atoms with van der Waals surface area (Å²) in [5.74, 6) is 0.00600. The van der Waals surface area contributed by atoms with Crippen molar-refractivity contribution in [2.75, 3.05) is 24.8 Å². The van der Waals surface area contributed by atoms with Crippen LogP contribution in [0.3, 0.4) is 0 Å². The van der Waals surface area contributed by atoms with Gasteiger partial charge >= 0.3 is 0 Å². The molecular formula is C14H14FN3O3. The minimum Gasteiger partial charge on any atom is -0.497 e. The van der Waals surface area contributed by atoms with E-state index in [1.807, 2.05) is 0 Å². The fourth-order valence-corrected chi connectivity index (χ4v) is 1.82. The topological polar surface area (TPSA) is 76.4 Å². The van der Waals surface area contributed by atoms with Gasteiger partial charge < -0.3 is 15.4 Å². The van der Waals surface area contributed by atoms with Crippen LogP contribution in [0.15, 0.2) is 36.4 Å². The molecule has 2 N–H and O–H groups in total. The Labute approximate surface area is 120 Å². The second-order valence-electron chi connectivity index (χ2n) is 4.25. The summed E-state index contributed by atoms with van der Waals surface area (Å²) in [6.07, 6.45) is 0. The van der Waals surface area contributed by atoms with Crippen LogP contribution in [0.25, 0.3) is 0 Å². The zero-order valence-corrected chi connectivity index (χ0v) is 11.5. The third-order valence-corrected chi connectivity index (χ3v) is 2.87. The van der Waals surface area contributed by atoms with Crippen molar-refractivity contribution in [2.24, 2.45) is 0 Å². The highest BCUT2D eigenvalue weighted by atomic mass is 19.1. The van der Waals surface area contributed by atoms with Gasteiger partial charge in [-0.15, -0.1) is 0 Å². The number of nitrogens with one attached hydrogen (secondary N) is 2. The van der Waals surface area contributed by atoms with Crippen molar-refractivity contribution in [1.29, 1.82) is 0 Å². The molecule has 0 bridgehead atoms. The summed E-state index contributed by atoms with van der Waals surface area (Å²) >= 11 is 0. The number of methoxy groups -OCH3 is 1. The predicted molar refractivity (Wildman–Crippen MR) is 78.9 cm³/mol. The second kappa shape index (κ2) is 6.08. The van der Waals surface area contributed by atoms with Crippen molar-refractivity contribution in [3.05, 3.63) is 52.3 Å². The molecule has 0 fully saturated rings. The Bertz CT molecular complexity index is 677. The van der Waals surface area contributed by atoms with Crippen molar-refractivity contribution in [3.63, 3.8) is 0 Å². The Morgan fingerprint density at radius 2 is 1.90 bits per heavy atom.